The molecule has 1 aromatic carbocycles. The van der Waals surface area contributed by atoms with E-state index < -0.39 is 47.7 Å². The van der Waals surface area contributed by atoms with Crippen molar-refractivity contribution in [2.45, 2.75) is 12.3 Å². The van der Waals surface area contributed by atoms with Crippen LogP contribution in [-0.4, -0.2) is 12.5 Å². The molecule has 0 aliphatic heterocycles. The van der Waals surface area contributed by atoms with E-state index in [1.54, 1.807) is 0 Å². The minimum atomic E-state index is -3.50. The van der Waals surface area contributed by atoms with Gasteiger partial charge < -0.3 is 5.73 Å². The normalized spacial score (nSPS) is 11.9. The Morgan fingerprint density at radius 2 is 1.56 bits per heavy atom. The molecule has 0 bridgehead atoms. The molecule has 0 aromatic heterocycles. The number of hydrogen-bond donors (Lipinski definition) is 1. The van der Waals surface area contributed by atoms with Crippen LogP contribution in [0.1, 0.15) is 5.56 Å². The lowest BCUT2D eigenvalue weighted by molar-refractivity contribution is 0.0104. The molecule has 16 heavy (non-hydrogen) atoms. The van der Waals surface area contributed by atoms with Crippen molar-refractivity contribution in [3.63, 3.8) is 0 Å². The summed E-state index contributed by atoms with van der Waals surface area (Å²) in [5.41, 5.74) is 3.72. The van der Waals surface area contributed by atoms with Crippen LogP contribution in [0.2, 0.25) is 0 Å². The highest BCUT2D eigenvalue weighted by molar-refractivity contribution is 5.23. The Morgan fingerprint density at radius 1 is 1.00 bits per heavy atom. The highest BCUT2D eigenvalue weighted by Crippen LogP contribution is 2.24. The molecule has 90 valence electrons. The summed E-state index contributed by atoms with van der Waals surface area (Å²) in [4.78, 5) is 0. The Labute approximate surface area is 86.9 Å². The monoisotopic (exact) mass is 243 g/mol. The molecule has 1 nitrogen and oxygen atoms in total. The smallest absolute Gasteiger partial charge is 0.264 e. The Balaban J connectivity index is 3.16. The maximum Gasteiger partial charge on any atom is 0.264 e. The van der Waals surface area contributed by atoms with Gasteiger partial charge in [0.1, 0.15) is 0 Å². The highest BCUT2D eigenvalue weighted by Gasteiger charge is 2.30. The molecule has 7 heteroatoms. The second-order valence-electron chi connectivity index (χ2n) is 3.20. The van der Waals surface area contributed by atoms with Crippen molar-refractivity contribution >= 4 is 0 Å². The third-order valence-corrected chi connectivity index (χ3v) is 1.93. The molecule has 0 saturated carbocycles. The number of hydrogen-bond acceptors (Lipinski definition) is 1. The van der Waals surface area contributed by atoms with Crippen LogP contribution in [0.25, 0.3) is 0 Å². The fraction of sp³-hybridized carbons (Fsp3) is 0.333. The van der Waals surface area contributed by atoms with Crippen LogP contribution in [-0.2, 0) is 6.42 Å². The lowest BCUT2D eigenvalue weighted by Gasteiger charge is -2.14. The van der Waals surface area contributed by atoms with Gasteiger partial charge in [0, 0.05) is 12.0 Å². The fourth-order valence-corrected chi connectivity index (χ4v) is 1.10. The Kier molecular flexibility index (Phi) is 3.47. The number of nitrogens with two attached hydrogens (primary N) is 1. The van der Waals surface area contributed by atoms with Gasteiger partial charge in [-0.3, -0.25) is 0 Å². The number of benzene rings is 1. The Bertz CT molecular complexity index is 403. The van der Waals surface area contributed by atoms with E-state index in [1.807, 2.05) is 0 Å². The van der Waals surface area contributed by atoms with Gasteiger partial charge in [-0.1, -0.05) is 0 Å². The second kappa shape index (κ2) is 4.32. The number of alkyl halides is 2. The van der Waals surface area contributed by atoms with E-state index in [2.05, 4.69) is 5.73 Å². The van der Waals surface area contributed by atoms with Gasteiger partial charge >= 0.3 is 0 Å². The highest BCUT2D eigenvalue weighted by atomic mass is 19.3. The van der Waals surface area contributed by atoms with Crippen LogP contribution in [0.3, 0.4) is 0 Å². The molecule has 1 rings (SSSR count). The van der Waals surface area contributed by atoms with Gasteiger partial charge in [0.05, 0.1) is 6.54 Å². The van der Waals surface area contributed by atoms with E-state index in [0.29, 0.717) is 0 Å². The number of halogens is 6. The molecule has 0 amide bonds. The molecule has 0 aliphatic carbocycles. The largest absolute Gasteiger partial charge is 0.325 e. The van der Waals surface area contributed by atoms with Crippen LogP contribution in [0.5, 0.6) is 0 Å². The lowest BCUT2D eigenvalue weighted by Crippen LogP contribution is -2.30. The van der Waals surface area contributed by atoms with Gasteiger partial charge in [-0.05, 0) is 6.07 Å². The molecule has 0 spiro atoms. The quantitative estimate of drug-likeness (QED) is 0.492. The van der Waals surface area contributed by atoms with Crippen molar-refractivity contribution in [3.05, 3.63) is 34.9 Å². The summed E-state index contributed by atoms with van der Waals surface area (Å²) in [6.07, 6.45) is -1.29. The zero-order valence-electron chi connectivity index (χ0n) is 7.84. The summed E-state index contributed by atoms with van der Waals surface area (Å²) in [5.74, 6) is -11.2. The molecule has 0 atom stereocenters. The molecule has 0 radical (unpaired) electrons. The molecular formula is C9H7F6N. The first-order valence-corrected chi connectivity index (χ1v) is 4.18. The first-order chi connectivity index (χ1) is 7.28. The summed E-state index contributed by atoms with van der Waals surface area (Å²) in [6.45, 7) is -1.10. The average molecular weight is 243 g/mol. The lowest BCUT2D eigenvalue weighted by atomic mass is 10.1. The molecule has 0 heterocycles. The SMILES string of the molecule is NCC(F)(F)Cc1cc(F)c(F)c(F)c1F. The molecule has 0 saturated heterocycles. The number of rotatable bonds is 3. The standard InChI is InChI=1S/C9H7F6N/c10-5-1-4(2-9(14,15)3-16)6(11)8(13)7(5)12/h1H,2-3,16H2. The summed E-state index contributed by atoms with van der Waals surface area (Å²) in [6, 6.07) is 0.192. The summed E-state index contributed by atoms with van der Waals surface area (Å²) >= 11 is 0. The van der Waals surface area contributed by atoms with Gasteiger partial charge in [0.25, 0.3) is 5.92 Å². The first-order valence-electron chi connectivity index (χ1n) is 4.18. The maximum atomic E-state index is 13.0. The minimum Gasteiger partial charge on any atom is -0.325 e. The molecule has 0 fully saturated rings. The van der Waals surface area contributed by atoms with Gasteiger partial charge in [-0.25, -0.2) is 26.3 Å². The summed E-state index contributed by atoms with van der Waals surface area (Å²) in [5, 5.41) is 0. The van der Waals surface area contributed by atoms with Crippen molar-refractivity contribution in [1.82, 2.24) is 0 Å². The summed E-state index contributed by atoms with van der Waals surface area (Å²) < 4.78 is 76.2. The van der Waals surface area contributed by atoms with Crippen molar-refractivity contribution < 1.29 is 26.3 Å². The zero-order valence-corrected chi connectivity index (χ0v) is 7.84. The minimum absolute atomic E-state index is 0.192. The van der Waals surface area contributed by atoms with Crippen molar-refractivity contribution in [3.8, 4) is 0 Å². The van der Waals surface area contributed by atoms with E-state index in [9.17, 15) is 26.3 Å². The Morgan fingerprint density at radius 3 is 2.06 bits per heavy atom. The third kappa shape index (κ3) is 2.46. The van der Waals surface area contributed by atoms with Crippen LogP contribution >= 0.6 is 0 Å². The van der Waals surface area contributed by atoms with Crippen LogP contribution in [0.15, 0.2) is 6.07 Å². The molecule has 2 N–H and O–H groups in total. The Hall–Kier alpha value is -1.24. The van der Waals surface area contributed by atoms with E-state index in [0.717, 1.165) is 0 Å². The molecular weight excluding hydrogens is 236 g/mol. The maximum absolute atomic E-state index is 13.0. The third-order valence-electron chi connectivity index (χ3n) is 1.93. The zero-order chi connectivity index (χ0) is 12.5. The van der Waals surface area contributed by atoms with Crippen molar-refractivity contribution in [1.29, 1.82) is 0 Å². The van der Waals surface area contributed by atoms with Crippen LogP contribution in [0.4, 0.5) is 26.3 Å². The fourth-order valence-electron chi connectivity index (χ4n) is 1.10. The summed E-state index contributed by atoms with van der Waals surface area (Å²) in [7, 11) is 0. The van der Waals surface area contributed by atoms with Crippen molar-refractivity contribution in [2.24, 2.45) is 5.73 Å². The van der Waals surface area contributed by atoms with Gasteiger partial charge in [0.15, 0.2) is 23.3 Å². The predicted molar refractivity (Wildman–Crippen MR) is 44.0 cm³/mol. The van der Waals surface area contributed by atoms with Gasteiger partial charge in [0.2, 0.25) is 0 Å². The average Bonchev–Trinajstić information content (AvgIpc) is 2.22. The topological polar surface area (TPSA) is 26.0 Å². The van der Waals surface area contributed by atoms with E-state index in [4.69, 9.17) is 0 Å². The molecule has 1 aromatic rings. The van der Waals surface area contributed by atoms with Crippen LogP contribution < -0.4 is 5.73 Å². The van der Waals surface area contributed by atoms with E-state index >= 15 is 0 Å². The van der Waals surface area contributed by atoms with Crippen LogP contribution in [0, 0.1) is 23.3 Å². The second-order valence-corrected chi connectivity index (χ2v) is 3.20. The molecule has 0 aliphatic rings. The van der Waals surface area contributed by atoms with E-state index in [1.165, 1.54) is 0 Å². The van der Waals surface area contributed by atoms with Gasteiger partial charge in [-0.15, -0.1) is 0 Å². The van der Waals surface area contributed by atoms with Crippen molar-refractivity contribution in [2.75, 3.05) is 6.54 Å². The molecule has 0 unspecified atom stereocenters. The van der Waals surface area contributed by atoms with E-state index in [-0.39, 0.29) is 6.07 Å². The van der Waals surface area contributed by atoms with Gasteiger partial charge in [-0.2, -0.15) is 0 Å². The first kappa shape index (κ1) is 12.8. The predicted octanol–water partition coefficient (Wildman–Crippen LogP) is 2.38.